The number of hydrazine groups is 1. The first-order valence-electron chi connectivity index (χ1n) is 10.3. The fourth-order valence-corrected chi connectivity index (χ4v) is 3.66. The number of aryl methyl sites for hydroxylation is 1. The molecular weight excluding hydrogens is 469 g/mol. The SMILES string of the molecule is CCn1c(=O)n(CC(=O)NNC(=O)c2nn(-c3ccccc3C(F)(F)F)cc2O)c2ccccc21. The third-order valence-electron chi connectivity index (χ3n) is 5.22. The van der Waals surface area contributed by atoms with Gasteiger partial charge in [0.1, 0.15) is 6.54 Å². The Kier molecular flexibility index (Phi) is 6.07. The molecule has 0 saturated carbocycles. The van der Waals surface area contributed by atoms with Gasteiger partial charge in [-0.2, -0.15) is 18.3 Å². The summed E-state index contributed by atoms with van der Waals surface area (Å²) in [6.07, 6.45) is -3.84. The molecule has 2 aromatic carbocycles. The van der Waals surface area contributed by atoms with Crippen molar-refractivity contribution in [3.8, 4) is 11.4 Å². The molecule has 0 atom stereocenters. The largest absolute Gasteiger partial charge is 0.504 e. The number of alkyl halides is 3. The van der Waals surface area contributed by atoms with Gasteiger partial charge in [-0.05, 0) is 31.2 Å². The Morgan fingerprint density at radius 1 is 1.00 bits per heavy atom. The van der Waals surface area contributed by atoms with Crippen LogP contribution in [0.2, 0.25) is 0 Å². The van der Waals surface area contributed by atoms with Gasteiger partial charge in [0.05, 0.1) is 28.5 Å². The highest BCUT2D eigenvalue weighted by Gasteiger charge is 2.34. The fraction of sp³-hybridized carbons (Fsp3) is 0.182. The van der Waals surface area contributed by atoms with Gasteiger partial charge in [0, 0.05) is 6.54 Å². The Hall–Kier alpha value is -4.55. The van der Waals surface area contributed by atoms with Crippen molar-refractivity contribution >= 4 is 22.8 Å². The maximum absolute atomic E-state index is 13.3. The van der Waals surface area contributed by atoms with Gasteiger partial charge < -0.3 is 5.11 Å². The van der Waals surface area contributed by atoms with Gasteiger partial charge in [-0.25, -0.2) is 9.48 Å². The predicted molar refractivity (Wildman–Crippen MR) is 118 cm³/mol. The lowest BCUT2D eigenvalue weighted by molar-refractivity contribution is -0.137. The number of aromatic hydroxyl groups is 1. The average Bonchev–Trinajstić information content (AvgIpc) is 3.34. The van der Waals surface area contributed by atoms with Crippen LogP contribution in [0.4, 0.5) is 13.2 Å². The first-order valence-corrected chi connectivity index (χ1v) is 10.3. The molecule has 0 saturated heterocycles. The summed E-state index contributed by atoms with van der Waals surface area (Å²) in [7, 11) is 0. The summed E-state index contributed by atoms with van der Waals surface area (Å²) in [5, 5.41) is 13.8. The fourth-order valence-electron chi connectivity index (χ4n) is 3.66. The van der Waals surface area contributed by atoms with E-state index >= 15 is 0 Å². The highest BCUT2D eigenvalue weighted by molar-refractivity contribution is 5.96. The molecule has 4 aromatic rings. The summed E-state index contributed by atoms with van der Waals surface area (Å²) >= 11 is 0. The monoisotopic (exact) mass is 488 g/mol. The molecule has 2 aromatic heterocycles. The van der Waals surface area contributed by atoms with E-state index in [1.165, 1.54) is 21.3 Å². The number of para-hydroxylation sites is 3. The van der Waals surface area contributed by atoms with Crippen LogP contribution in [-0.4, -0.2) is 35.8 Å². The zero-order valence-corrected chi connectivity index (χ0v) is 18.2. The molecule has 13 heteroatoms. The second kappa shape index (κ2) is 9.00. The number of carbonyl (C=O) groups is 2. The Morgan fingerprint density at radius 2 is 1.63 bits per heavy atom. The topological polar surface area (TPSA) is 123 Å². The van der Waals surface area contributed by atoms with Crippen molar-refractivity contribution in [2.24, 2.45) is 0 Å². The minimum absolute atomic E-state index is 0.393. The Balaban J connectivity index is 1.50. The first-order chi connectivity index (χ1) is 16.6. The molecule has 2 amide bonds. The predicted octanol–water partition coefficient (Wildman–Crippen LogP) is 2.19. The number of fused-ring (bicyclic) bond motifs is 1. The van der Waals surface area contributed by atoms with E-state index in [0.29, 0.717) is 22.3 Å². The summed E-state index contributed by atoms with van der Waals surface area (Å²) < 4.78 is 43.3. The maximum Gasteiger partial charge on any atom is 0.418 e. The molecular formula is C22H19F3N6O4. The number of nitrogens with one attached hydrogen (secondary N) is 2. The van der Waals surface area contributed by atoms with Gasteiger partial charge in [-0.1, -0.05) is 24.3 Å². The van der Waals surface area contributed by atoms with Crippen molar-refractivity contribution in [1.29, 1.82) is 0 Å². The number of hydrogen-bond donors (Lipinski definition) is 3. The summed E-state index contributed by atoms with van der Waals surface area (Å²) in [6, 6.07) is 11.4. The summed E-state index contributed by atoms with van der Waals surface area (Å²) in [5.41, 5.74) is 2.90. The third-order valence-corrected chi connectivity index (χ3v) is 5.22. The van der Waals surface area contributed by atoms with Gasteiger partial charge in [0.25, 0.3) is 11.8 Å². The van der Waals surface area contributed by atoms with E-state index in [9.17, 15) is 32.7 Å². The number of imidazole rings is 1. The number of rotatable bonds is 5. The van der Waals surface area contributed by atoms with E-state index in [4.69, 9.17) is 0 Å². The Morgan fingerprint density at radius 3 is 2.29 bits per heavy atom. The Labute approximate surface area is 195 Å². The molecule has 4 rings (SSSR count). The lowest BCUT2D eigenvalue weighted by atomic mass is 10.2. The van der Waals surface area contributed by atoms with Gasteiger partial charge in [0.15, 0.2) is 11.4 Å². The van der Waals surface area contributed by atoms with Crippen LogP contribution in [-0.2, 0) is 24.1 Å². The molecule has 0 aliphatic rings. The van der Waals surface area contributed by atoms with Crippen molar-refractivity contribution in [3.63, 3.8) is 0 Å². The van der Waals surface area contributed by atoms with Crippen molar-refractivity contribution in [3.05, 3.63) is 76.5 Å². The molecule has 0 fully saturated rings. The average molecular weight is 488 g/mol. The van der Waals surface area contributed by atoms with Crippen LogP contribution in [0, 0.1) is 0 Å². The van der Waals surface area contributed by atoms with Crippen LogP contribution < -0.4 is 16.5 Å². The molecule has 0 spiro atoms. The lowest BCUT2D eigenvalue weighted by Gasteiger charge is -2.12. The normalized spacial score (nSPS) is 11.5. The van der Waals surface area contributed by atoms with E-state index in [2.05, 4.69) is 10.5 Å². The molecule has 0 bridgehead atoms. The lowest BCUT2D eigenvalue weighted by Crippen LogP contribution is -2.44. The van der Waals surface area contributed by atoms with E-state index in [1.54, 1.807) is 31.2 Å². The highest BCUT2D eigenvalue weighted by atomic mass is 19.4. The smallest absolute Gasteiger partial charge is 0.418 e. The molecule has 0 aliphatic heterocycles. The second-order valence-corrected chi connectivity index (χ2v) is 7.43. The van der Waals surface area contributed by atoms with Crippen LogP contribution in [0.25, 0.3) is 16.7 Å². The van der Waals surface area contributed by atoms with Crippen LogP contribution in [0.15, 0.2) is 59.5 Å². The second-order valence-electron chi connectivity index (χ2n) is 7.43. The molecule has 10 nitrogen and oxygen atoms in total. The van der Waals surface area contributed by atoms with Crippen molar-refractivity contribution in [1.82, 2.24) is 29.8 Å². The molecule has 35 heavy (non-hydrogen) atoms. The third kappa shape index (κ3) is 4.47. The summed E-state index contributed by atoms with van der Waals surface area (Å²) in [6.45, 7) is 1.77. The molecule has 0 radical (unpaired) electrons. The number of hydrogen-bond acceptors (Lipinski definition) is 5. The number of halogens is 3. The number of carbonyl (C=O) groups excluding carboxylic acids is 2. The number of amides is 2. The van der Waals surface area contributed by atoms with E-state index in [1.807, 2.05) is 5.43 Å². The molecule has 0 aliphatic carbocycles. The summed E-state index contributed by atoms with van der Waals surface area (Å²) in [4.78, 5) is 37.4. The zero-order valence-electron chi connectivity index (χ0n) is 18.2. The van der Waals surface area contributed by atoms with E-state index in [-0.39, 0.29) is 0 Å². The van der Waals surface area contributed by atoms with Crippen molar-refractivity contribution in [2.45, 2.75) is 26.2 Å². The number of benzene rings is 2. The van der Waals surface area contributed by atoms with Gasteiger partial charge >= 0.3 is 11.9 Å². The van der Waals surface area contributed by atoms with Crippen LogP contribution >= 0.6 is 0 Å². The minimum atomic E-state index is -4.69. The molecule has 182 valence electrons. The zero-order chi connectivity index (χ0) is 25.3. The quantitative estimate of drug-likeness (QED) is 0.372. The molecule has 0 unspecified atom stereocenters. The number of nitrogens with zero attached hydrogens (tertiary/aromatic N) is 4. The van der Waals surface area contributed by atoms with Crippen LogP contribution in [0.3, 0.4) is 0 Å². The molecule has 3 N–H and O–H groups in total. The van der Waals surface area contributed by atoms with Gasteiger partial charge in [-0.15, -0.1) is 0 Å². The van der Waals surface area contributed by atoms with Crippen LogP contribution in [0.5, 0.6) is 5.75 Å². The van der Waals surface area contributed by atoms with Crippen molar-refractivity contribution in [2.75, 3.05) is 0 Å². The number of aromatic nitrogens is 4. The minimum Gasteiger partial charge on any atom is -0.504 e. The van der Waals surface area contributed by atoms with E-state index < -0.39 is 52.9 Å². The summed E-state index contributed by atoms with van der Waals surface area (Å²) in [5.74, 6) is -2.51. The molecule has 2 heterocycles. The van der Waals surface area contributed by atoms with Crippen LogP contribution in [0.1, 0.15) is 23.0 Å². The first kappa shape index (κ1) is 23.6. The Bertz CT molecular complexity index is 1480. The van der Waals surface area contributed by atoms with Crippen molar-refractivity contribution < 1.29 is 27.9 Å². The maximum atomic E-state index is 13.3. The van der Waals surface area contributed by atoms with Gasteiger partial charge in [0.2, 0.25) is 0 Å². The standard InChI is InChI=1S/C22H19F3N6O4/c1-2-29-15-9-5-6-10-16(15)30(21(29)35)12-18(33)26-27-20(34)19-17(32)11-31(28-19)14-8-4-3-7-13(14)22(23,24)25/h3-11,32H,2,12H2,1H3,(H,26,33)(H,27,34). The van der Waals surface area contributed by atoms with E-state index in [0.717, 1.165) is 18.3 Å². The van der Waals surface area contributed by atoms with Gasteiger partial charge in [-0.3, -0.25) is 29.6 Å². The highest BCUT2D eigenvalue weighted by Crippen LogP contribution is 2.34.